The summed E-state index contributed by atoms with van der Waals surface area (Å²) in [5, 5.41) is 12.7. The highest BCUT2D eigenvalue weighted by Crippen LogP contribution is 2.22. The molecule has 1 aliphatic rings. The van der Waals surface area contributed by atoms with E-state index in [2.05, 4.69) is 11.4 Å². The Kier molecular flexibility index (Phi) is 3.80. The monoisotopic (exact) mass is 221 g/mol. The highest BCUT2D eigenvalue weighted by atomic mass is 16.5. The largest absolute Gasteiger partial charge is 0.491 e. The third-order valence-corrected chi connectivity index (χ3v) is 2.61. The lowest BCUT2D eigenvalue weighted by molar-refractivity contribution is 0.122. The number of nitrogens with one attached hydrogen (secondary N) is 1. The van der Waals surface area contributed by atoms with Gasteiger partial charge in [-0.15, -0.1) is 0 Å². The van der Waals surface area contributed by atoms with E-state index < -0.39 is 6.10 Å². The molecule has 0 amide bonds. The number of aliphatic hydroxyl groups excluding tert-OH is 1. The van der Waals surface area contributed by atoms with Gasteiger partial charge < -0.3 is 15.2 Å². The second-order valence-corrected chi connectivity index (χ2v) is 4.42. The molecule has 2 rings (SSSR count). The minimum atomic E-state index is -0.426. The minimum Gasteiger partial charge on any atom is -0.491 e. The highest BCUT2D eigenvalue weighted by Gasteiger charge is 2.20. The van der Waals surface area contributed by atoms with E-state index in [1.165, 1.54) is 12.8 Å². The van der Waals surface area contributed by atoms with Crippen LogP contribution in [0.3, 0.4) is 0 Å². The second-order valence-electron chi connectivity index (χ2n) is 4.42. The molecular weight excluding hydrogens is 202 g/mol. The number of para-hydroxylation sites is 1. The third kappa shape index (κ3) is 3.51. The van der Waals surface area contributed by atoms with Gasteiger partial charge in [-0.3, -0.25) is 0 Å². The van der Waals surface area contributed by atoms with Gasteiger partial charge >= 0.3 is 0 Å². The van der Waals surface area contributed by atoms with Crippen molar-refractivity contribution in [3.63, 3.8) is 0 Å². The predicted octanol–water partition coefficient (Wildman–Crippen LogP) is 1.70. The SMILES string of the molecule is CC(O)COc1ccccc1CNC1CC1. The summed E-state index contributed by atoms with van der Waals surface area (Å²) in [6.07, 6.45) is 2.15. The molecule has 1 aromatic carbocycles. The van der Waals surface area contributed by atoms with Crippen LogP contribution in [0.1, 0.15) is 25.3 Å². The number of benzene rings is 1. The number of aliphatic hydroxyl groups is 1. The fraction of sp³-hybridized carbons (Fsp3) is 0.538. The summed E-state index contributed by atoms with van der Waals surface area (Å²) in [5.41, 5.74) is 1.16. The molecule has 3 nitrogen and oxygen atoms in total. The zero-order valence-corrected chi connectivity index (χ0v) is 9.65. The summed E-state index contributed by atoms with van der Waals surface area (Å²) in [5.74, 6) is 0.872. The molecule has 0 aliphatic heterocycles. The second kappa shape index (κ2) is 5.32. The van der Waals surface area contributed by atoms with Crippen LogP contribution in [0.15, 0.2) is 24.3 Å². The molecule has 0 spiro atoms. The van der Waals surface area contributed by atoms with Gasteiger partial charge in [-0.05, 0) is 25.8 Å². The molecule has 0 heterocycles. The lowest BCUT2D eigenvalue weighted by atomic mass is 10.2. The molecule has 88 valence electrons. The van der Waals surface area contributed by atoms with Gasteiger partial charge in [0.05, 0.1) is 6.10 Å². The topological polar surface area (TPSA) is 41.5 Å². The Bertz CT molecular complexity index is 309. The van der Waals surface area contributed by atoms with E-state index in [1.54, 1.807) is 6.92 Å². The van der Waals surface area contributed by atoms with Crippen molar-refractivity contribution < 1.29 is 9.84 Å². The van der Waals surface area contributed by atoms with E-state index in [0.29, 0.717) is 12.6 Å². The maximum absolute atomic E-state index is 9.19. The molecule has 1 saturated carbocycles. The zero-order chi connectivity index (χ0) is 11.4. The van der Waals surface area contributed by atoms with Crippen LogP contribution in [-0.4, -0.2) is 23.9 Å². The van der Waals surface area contributed by atoms with Gasteiger partial charge in [0.15, 0.2) is 0 Å². The Labute approximate surface area is 96.4 Å². The van der Waals surface area contributed by atoms with Crippen molar-refractivity contribution >= 4 is 0 Å². The molecule has 0 bridgehead atoms. The summed E-state index contributed by atoms with van der Waals surface area (Å²) >= 11 is 0. The Morgan fingerprint density at radius 1 is 1.44 bits per heavy atom. The van der Waals surface area contributed by atoms with Crippen molar-refractivity contribution in [3.8, 4) is 5.75 Å². The Morgan fingerprint density at radius 2 is 2.19 bits per heavy atom. The smallest absolute Gasteiger partial charge is 0.123 e. The third-order valence-electron chi connectivity index (χ3n) is 2.61. The fourth-order valence-electron chi connectivity index (χ4n) is 1.54. The van der Waals surface area contributed by atoms with Crippen molar-refractivity contribution in [2.75, 3.05) is 6.61 Å². The molecule has 0 aromatic heterocycles. The minimum absolute atomic E-state index is 0.348. The molecule has 16 heavy (non-hydrogen) atoms. The Morgan fingerprint density at radius 3 is 2.88 bits per heavy atom. The molecule has 1 aromatic rings. The Balaban J connectivity index is 1.92. The highest BCUT2D eigenvalue weighted by molar-refractivity contribution is 5.33. The van der Waals surface area contributed by atoms with Crippen LogP contribution in [0.5, 0.6) is 5.75 Å². The van der Waals surface area contributed by atoms with E-state index in [9.17, 15) is 5.11 Å². The van der Waals surface area contributed by atoms with Crippen LogP contribution in [-0.2, 0) is 6.54 Å². The summed E-state index contributed by atoms with van der Waals surface area (Å²) < 4.78 is 5.56. The summed E-state index contributed by atoms with van der Waals surface area (Å²) in [6.45, 7) is 2.92. The van der Waals surface area contributed by atoms with Gasteiger partial charge in [-0.2, -0.15) is 0 Å². The summed E-state index contributed by atoms with van der Waals surface area (Å²) in [6, 6.07) is 8.68. The first-order valence-electron chi connectivity index (χ1n) is 5.88. The maximum atomic E-state index is 9.19. The summed E-state index contributed by atoms with van der Waals surface area (Å²) in [4.78, 5) is 0. The van der Waals surface area contributed by atoms with Crippen molar-refractivity contribution in [1.82, 2.24) is 5.32 Å². The average Bonchev–Trinajstić information content (AvgIpc) is 3.08. The van der Waals surface area contributed by atoms with Crippen molar-refractivity contribution in [2.45, 2.75) is 38.5 Å². The van der Waals surface area contributed by atoms with Crippen LogP contribution >= 0.6 is 0 Å². The molecule has 1 fully saturated rings. The van der Waals surface area contributed by atoms with Gasteiger partial charge in [0.1, 0.15) is 12.4 Å². The molecule has 1 unspecified atom stereocenters. The molecule has 1 aliphatic carbocycles. The number of ether oxygens (including phenoxy) is 1. The number of hydrogen-bond acceptors (Lipinski definition) is 3. The van der Waals surface area contributed by atoms with E-state index in [0.717, 1.165) is 17.9 Å². The van der Waals surface area contributed by atoms with E-state index in [4.69, 9.17) is 4.74 Å². The zero-order valence-electron chi connectivity index (χ0n) is 9.65. The molecule has 1 atom stereocenters. The molecule has 0 radical (unpaired) electrons. The lowest BCUT2D eigenvalue weighted by Crippen LogP contribution is -2.18. The van der Waals surface area contributed by atoms with Crippen molar-refractivity contribution in [3.05, 3.63) is 29.8 Å². The van der Waals surface area contributed by atoms with Crippen molar-refractivity contribution in [1.29, 1.82) is 0 Å². The van der Waals surface area contributed by atoms with Crippen molar-refractivity contribution in [2.24, 2.45) is 0 Å². The van der Waals surface area contributed by atoms with Crippen LogP contribution < -0.4 is 10.1 Å². The molecular formula is C13H19NO2. The van der Waals surface area contributed by atoms with Gasteiger partial charge in [0, 0.05) is 18.2 Å². The normalized spacial score (nSPS) is 17.1. The Hall–Kier alpha value is -1.06. The van der Waals surface area contributed by atoms with Gasteiger partial charge in [0.2, 0.25) is 0 Å². The number of hydrogen-bond donors (Lipinski definition) is 2. The first kappa shape index (κ1) is 11.4. The molecule has 3 heteroatoms. The van der Waals surface area contributed by atoms with E-state index >= 15 is 0 Å². The predicted molar refractivity (Wildman–Crippen MR) is 63.5 cm³/mol. The fourth-order valence-corrected chi connectivity index (χ4v) is 1.54. The first-order valence-corrected chi connectivity index (χ1v) is 5.88. The average molecular weight is 221 g/mol. The number of rotatable bonds is 6. The summed E-state index contributed by atoms with van der Waals surface area (Å²) in [7, 11) is 0. The van der Waals surface area contributed by atoms with Gasteiger partial charge in [-0.1, -0.05) is 18.2 Å². The van der Waals surface area contributed by atoms with E-state index in [-0.39, 0.29) is 0 Å². The molecule has 2 N–H and O–H groups in total. The van der Waals surface area contributed by atoms with Crippen LogP contribution in [0.2, 0.25) is 0 Å². The van der Waals surface area contributed by atoms with Crippen LogP contribution in [0, 0.1) is 0 Å². The van der Waals surface area contributed by atoms with E-state index in [1.807, 2.05) is 18.2 Å². The van der Waals surface area contributed by atoms with Gasteiger partial charge in [-0.25, -0.2) is 0 Å². The van der Waals surface area contributed by atoms with Gasteiger partial charge in [0.25, 0.3) is 0 Å². The van der Waals surface area contributed by atoms with Crippen LogP contribution in [0.25, 0.3) is 0 Å². The maximum Gasteiger partial charge on any atom is 0.123 e. The van der Waals surface area contributed by atoms with Crippen LogP contribution in [0.4, 0.5) is 0 Å². The first-order chi connectivity index (χ1) is 7.75. The quantitative estimate of drug-likeness (QED) is 0.768. The standard InChI is InChI=1S/C13H19NO2/c1-10(15)9-16-13-5-3-2-4-11(13)8-14-12-6-7-12/h2-5,10,12,14-15H,6-9H2,1H3. The molecule has 0 saturated heterocycles. The lowest BCUT2D eigenvalue weighted by Gasteiger charge is -2.13.